The lowest BCUT2D eigenvalue weighted by molar-refractivity contribution is -0.140. The summed E-state index contributed by atoms with van der Waals surface area (Å²) < 4.78 is 21.3. The van der Waals surface area contributed by atoms with Crippen LogP contribution in [0.25, 0.3) is 5.76 Å². The number of nitrogens with zero attached hydrogens (tertiary/aromatic N) is 1. The number of carbonyl (C=O) groups excluding carboxylic acids is 2. The molecule has 2 aromatic carbocycles. The molecule has 1 N–H and O–H groups in total. The Labute approximate surface area is 192 Å². The van der Waals surface area contributed by atoms with E-state index in [0.717, 1.165) is 0 Å². The summed E-state index contributed by atoms with van der Waals surface area (Å²) in [6.45, 7) is 4.35. The van der Waals surface area contributed by atoms with Crippen molar-refractivity contribution in [2.24, 2.45) is 0 Å². The Bertz CT molecular complexity index is 1060. The molecule has 1 heterocycles. The van der Waals surface area contributed by atoms with Gasteiger partial charge in [-0.1, -0.05) is 18.7 Å². The van der Waals surface area contributed by atoms with Crippen LogP contribution in [0.2, 0.25) is 0 Å². The maximum absolute atomic E-state index is 13.0. The molecule has 0 unspecified atom stereocenters. The first-order valence-corrected chi connectivity index (χ1v) is 10.3. The number of rotatable bonds is 10. The second kappa shape index (κ2) is 10.7. The van der Waals surface area contributed by atoms with E-state index in [1.165, 1.54) is 26.2 Å². The number of amides is 1. The van der Waals surface area contributed by atoms with Gasteiger partial charge in [0.05, 0.1) is 32.4 Å². The third-order valence-electron chi connectivity index (χ3n) is 5.30. The fourth-order valence-corrected chi connectivity index (χ4v) is 3.69. The molecule has 1 amide bonds. The van der Waals surface area contributed by atoms with Gasteiger partial charge in [-0.15, -0.1) is 0 Å². The first-order valence-electron chi connectivity index (χ1n) is 10.3. The van der Waals surface area contributed by atoms with Crippen LogP contribution >= 0.6 is 0 Å². The molecule has 1 aliphatic heterocycles. The number of likely N-dealkylation sites (tertiary alicyclic amines) is 1. The number of ether oxygens (including phenoxy) is 4. The quantitative estimate of drug-likeness (QED) is 0.255. The molecule has 0 bridgehead atoms. The van der Waals surface area contributed by atoms with Crippen LogP contribution in [0.4, 0.5) is 0 Å². The summed E-state index contributed by atoms with van der Waals surface area (Å²) in [5.41, 5.74) is 0.967. The van der Waals surface area contributed by atoms with Crippen molar-refractivity contribution in [2.45, 2.75) is 6.04 Å². The molecule has 8 nitrogen and oxygen atoms in total. The number of benzene rings is 2. The number of hydrogen-bond donors (Lipinski definition) is 1. The second-order valence-corrected chi connectivity index (χ2v) is 7.22. The molecule has 2 aromatic rings. The fraction of sp³-hybridized carbons (Fsp3) is 0.280. The number of aliphatic hydroxyl groups is 1. The molecule has 0 aliphatic carbocycles. The van der Waals surface area contributed by atoms with E-state index in [1.54, 1.807) is 48.5 Å². The average molecular weight is 453 g/mol. The number of methoxy groups -OCH3 is 3. The summed E-state index contributed by atoms with van der Waals surface area (Å²) in [4.78, 5) is 27.3. The largest absolute Gasteiger partial charge is 0.507 e. The minimum absolute atomic E-state index is 0.0110. The Hall–Kier alpha value is -3.78. The van der Waals surface area contributed by atoms with Gasteiger partial charge < -0.3 is 29.0 Å². The van der Waals surface area contributed by atoms with Crippen LogP contribution in [-0.2, 0) is 14.3 Å². The summed E-state index contributed by atoms with van der Waals surface area (Å²) in [6, 6.07) is 10.9. The number of hydrogen-bond acceptors (Lipinski definition) is 7. The smallest absolute Gasteiger partial charge is 0.295 e. The van der Waals surface area contributed by atoms with Crippen LogP contribution in [0.5, 0.6) is 17.2 Å². The molecule has 1 fully saturated rings. The SMILES string of the molecule is C=CCOc1ccc(C(O)=C2C(=O)C(=O)N(CCOC)[C@@H]2c2ccc(OC)c(OC)c2)cc1. The van der Waals surface area contributed by atoms with E-state index < -0.39 is 17.7 Å². The summed E-state index contributed by atoms with van der Waals surface area (Å²) in [5.74, 6) is -0.220. The molecular formula is C25H27NO7. The van der Waals surface area contributed by atoms with E-state index in [4.69, 9.17) is 18.9 Å². The molecule has 3 rings (SSSR count). The molecular weight excluding hydrogens is 426 g/mol. The molecule has 33 heavy (non-hydrogen) atoms. The van der Waals surface area contributed by atoms with Gasteiger partial charge in [0.1, 0.15) is 18.1 Å². The molecule has 174 valence electrons. The van der Waals surface area contributed by atoms with Crippen LogP contribution in [0.15, 0.2) is 60.7 Å². The van der Waals surface area contributed by atoms with Gasteiger partial charge in [-0.25, -0.2) is 0 Å². The first-order chi connectivity index (χ1) is 16.0. The maximum atomic E-state index is 13.0. The molecule has 0 saturated carbocycles. The van der Waals surface area contributed by atoms with Crippen molar-refractivity contribution < 1.29 is 33.6 Å². The van der Waals surface area contributed by atoms with Gasteiger partial charge in [-0.05, 0) is 42.0 Å². The minimum atomic E-state index is -0.823. The third-order valence-corrected chi connectivity index (χ3v) is 5.30. The normalized spacial score (nSPS) is 17.2. The lowest BCUT2D eigenvalue weighted by Crippen LogP contribution is -2.32. The van der Waals surface area contributed by atoms with Gasteiger partial charge in [0, 0.05) is 19.2 Å². The van der Waals surface area contributed by atoms with Crippen molar-refractivity contribution in [3.63, 3.8) is 0 Å². The average Bonchev–Trinajstić information content (AvgIpc) is 3.10. The third kappa shape index (κ3) is 4.85. The summed E-state index contributed by atoms with van der Waals surface area (Å²) in [6.07, 6.45) is 1.62. The van der Waals surface area contributed by atoms with Crippen LogP contribution in [-0.4, -0.2) is 62.8 Å². The molecule has 1 atom stereocenters. The predicted octanol–water partition coefficient (Wildman–Crippen LogP) is 3.34. The fourth-order valence-electron chi connectivity index (χ4n) is 3.69. The summed E-state index contributed by atoms with van der Waals surface area (Å²) in [5, 5.41) is 11.1. The number of ketones is 1. The lowest BCUT2D eigenvalue weighted by atomic mass is 9.95. The second-order valence-electron chi connectivity index (χ2n) is 7.22. The first kappa shape index (κ1) is 23.9. The van der Waals surface area contributed by atoms with E-state index in [9.17, 15) is 14.7 Å². The predicted molar refractivity (Wildman–Crippen MR) is 123 cm³/mol. The van der Waals surface area contributed by atoms with E-state index in [-0.39, 0.29) is 24.5 Å². The highest BCUT2D eigenvalue weighted by molar-refractivity contribution is 6.46. The molecule has 0 radical (unpaired) electrons. The number of Topliss-reactive ketones (excluding diaryl/α,β-unsaturated/α-hetero) is 1. The summed E-state index contributed by atoms with van der Waals surface area (Å²) >= 11 is 0. The molecule has 0 spiro atoms. The van der Waals surface area contributed by atoms with Crippen molar-refractivity contribution in [1.82, 2.24) is 4.90 Å². The van der Waals surface area contributed by atoms with Gasteiger partial charge in [-0.2, -0.15) is 0 Å². The Balaban J connectivity index is 2.11. The topological polar surface area (TPSA) is 94.5 Å². The lowest BCUT2D eigenvalue weighted by Gasteiger charge is -2.25. The van der Waals surface area contributed by atoms with E-state index in [2.05, 4.69) is 6.58 Å². The van der Waals surface area contributed by atoms with Gasteiger partial charge in [0.15, 0.2) is 11.5 Å². The zero-order valence-corrected chi connectivity index (χ0v) is 18.9. The molecule has 8 heteroatoms. The highest BCUT2D eigenvalue weighted by Crippen LogP contribution is 2.41. The van der Waals surface area contributed by atoms with E-state index in [0.29, 0.717) is 35.0 Å². The van der Waals surface area contributed by atoms with Crippen molar-refractivity contribution in [3.8, 4) is 17.2 Å². The van der Waals surface area contributed by atoms with Crippen molar-refractivity contribution in [2.75, 3.05) is 41.1 Å². The van der Waals surface area contributed by atoms with Crippen molar-refractivity contribution >= 4 is 17.4 Å². The highest BCUT2D eigenvalue weighted by atomic mass is 16.5. The van der Waals surface area contributed by atoms with Crippen LogP contribution < -0.4 is 14.2 Å². The summed E-state index contributed by atoms with van der Waals surface area (Å²) in [7, 11) is 4.53. The van der Waals surface area contributed by atoms with Gasteiger partial charge in [0.25, 0.3) is 11.7 Å². The van der Waals surface area contributed by atoms with Crippen LogP contribution in [0, 0.1) is 0 Å². The Morgan fingerprint density at radius 1 is 1.06 bits per heavy atom. The van der Waals surface area contributed by atoms with E-state index in [1.807, 2.05) is 0 Å². The monoisotopic (exact) mass is 453 g/mol. The molecule has 1 saturated heterocycles. The number of aliphatic hydroxyl groups excluding tert-OH is 1. The highest BCUT2D eigenvalue weighted by Gasteiger charge is 2.46. The van der Waals surface area contributed by atoms with Gasteiger partial charge in [-0.3, -0.25) is 9.59 Å². The Kier molecular flexibility index (Phi) is 7.74. The zero-order chi connectivity index (χ0) is 24.0. The Morgan fingerprint density at radius 3 is 2.36 bits per heavy atom. The Morgan fingerprint density at radius 2 is 1.76 bits per heavy atom. The van der Waals surface area contributed by atoms with E-state index >= 15 is 0 Å². The minimum Gasteiger partial charge on any atom is -0.507 e. The van der Waals surface area contributed by atoms with Gasteiger partial charge >= 0.3 is 0 Å². The number of carbonyl (C=O) groups is 2. The van der Waals surface area contributed by atoms with Crippen LogP contribution in [0.3, 0.4) is 0 Å². The maximum Gasteiger partial charge on any atom is 0.295 e. The molecule has 1 aliphatic rings. The molecule has 0 aromatic heterocycles. The van der Waals surface area contributed by atoms with Crippen LogP contribution in [0.1, 0.15) is 17.2 Å². The zero-order valence-electron chi connectivity index (χ0n) is 18.9. The van der Waals surface area contributed by atoms with Crippen molar-refractivity contribution in [1.29, 1.82) is 0 Å². The van der Waals surface area contributed by atoms with Gasteiger partial charge in [0.2, 0.25) is 0 Å². The van der Waals surface area contributed by atoms with Crippen molar-refractivity contribution in [3.05, 3.63) is 71.8 Å². The standard InChI is InChI=1S/C25H27NO7/c1-5-13-33-18-9-6-16(7-10-18)23(27)21-22(26(12-14-30-2)25(29)24(21)28)17-8-11-19(31-3)20(15-17)32-4/h5-11,15,22,27H,1,12-14H2,2-4H3/t22-/m1/s1.